The molecule has 128 valence electrons. The van der Waals surface area contributed by atoms with Crippen LogP contribution in [0.4, 0.5) is 0 Å². The first-order chi connectivity index (χ1) is 10.4. The Morgan fingerprint density at radius 1 is 0.957 bits per heavy atom. The second-order valence-corrected chi connectivity index (χ2v) is 9.45. The molecule has 23 heavy (non-hydrogen) atoms. The zero-order valence-electron chi connectivity index (χ0n) is 16.5. The fourth-order valence-corrected chi connectivity index (χ4v) is 3.43. The maximum Gasteiger partial charge on any atom is 0.0433 e. The van der Waals surface area contributed by atoms with Gasteiger partial charge in [-0.15, -0.1) is 0 Å². The van der Waals surface area contributed by atoms with Crippen molar-refractivity contribution in [2.24, 2.45) is 10.8 Å². The molecule has 0 aromatic carbocycles. The first-order valence-corrected chi connectivity index (χ1v) is 8.95. The molecule has 1 nitrogen and oxygen atoms in total. The van der Waals surface area contributed by atoms with E-state index in [1.54, 1.807) is 5.57 Å². The average Bonchev–Trinajstić information content (AvgIpc) is 2.46. The van der Waals surface area contributed by atoms with E-state index in [1.165, 1.54) is 11.1 Å². The first kappa shape index (κ1) is 18.3. The lowest BCUT2D eigenvalue weighted by Crippen LogP contribution is -2.46. The summed E-state index contributed by atoms with van der Waals surface area (Å²) in [5.41, 5.74) is 5.04. The minimum absolute atomic E-state index is 0.128. The molecule has 0 saturated carbocycles. The van der Waals surface area contributed by atoms with Gasteiger partial charge in [0.25, 0.3) is 0 Å². The smallest absolute Gasteiger partial charge is 0.0433 e. The van der Waals surface area contributed by atoms with E-state index in [-0.39, 0.29) is 16.4 Å². The van der Waals surface area contributed by atoms with Gasteiger partial charge in [0.1, 0.15) is 0 Å². The fourth-order valence-electron chi connectivity index (χ4n) is 3.43. The van der Waals surface area contributed by atoms with Gasteiger partial charge in [-0.3, -0.25) is 4.90 Å². The van der Waals surface area contributed by atoms with Crippen molar-refractivity contribution in [1.29, 1.82) is 0 Å². The second kappa shape index (κ2) is 6.09. The quantitative estimate of drug-likeness (QED) is 0.537. The summed E-state index contributed by atoms with van der Waals surface area (Å²) in [6.45, 7) is 17.3. The van der Waals surface area contributed by atoms with Crippen LogP contribution in [0.25, 0.3) is 0 Å². The van der Waals surface area contributed by atoms with Crippen LogP contribution in [0.2, 0.25) is 0 Å². The van der Waals surface area contributed by atoms with Crippen LogP contribution in [0.15, 0.2) is 47.1 Å². The Kier molecular flexibility index (Phi) is 4.84. The maximum absolute atomic E-state index is 2.50. The third kappa shape index (κ3) is 3.88. The van der Waals surface area contributed by atoms with Crippen LogP contribution < -0.4 is 0 Å². The van der Waals surface area contributed by atoms with Crippen LogP contribution in [-0.4, -0.2) is 24.0 Å². The molecule has 1 aliphatic carbocycles. The van der Waals surface area contributed by atoms with Crippen LogP contribution in [0.5, 0.6) is 0 Å². The summed E-state index contributed by atoms with van der Waals surface area (Å²) in [7, 11) is 2.26. The molecule has 0 bridgehead atoms. The van der Waals surface area contributed by atoms with Gasteiger partial charge in [-0.1, -0.05) is 71.9 Å². The molecule has 1 atom stereocenters. The lowest BCUT2D eigenvalue weighted by molar-refractivity contribution is 0.189. The zero-order chi connectivity index (χ0) is 17.5. The average molecular weight is 314 g/mol. The molecule has 0 saturated heterocycles. The Hall–Kier alpha value is -1.08. The molecule has 0 radical (unpaired) electrons. The number of hydrogen-bond acceptors (Lipinski definition) is 1. The molecule has 1 heterocycles. The molecule has 1 heteroatoms. The number of fused-ring (bicyclic) bond motifs is 1. The fraction of sp³-hybridized carbons (Fsp3) is 0.636. The molecule has 0 aromatic rings. The Bertz CT molecular complexity index is 572. The van der Waals surface area contributed by atoms with E-state index in [1.807, 2.05) is 0 Å². The van der Waals surface area contributed by atoms with Crippen molar-refractivity contribution < 1.29 is 0 Å². The molecule has 0 fully saturated rings. The summed E-state index contributed by atoms with van der Waals surface area (Å²) in [5.74, 6) is 0. The highest BCUT2D eigenvalue weighted by Crippen LogP contribution is 2.41. The normalized spacial score (nSPS) is 30.9. The van der Waals surface area contributed by atoms with Crippen LogP contribution in [-0.2, 0) is 0 Å². The van der Waals surface area contributed by atoms with E-state index in [0.29, 0.717) is 0 Å². The summed E-state index contributed by atoms with van der Waals surface area (Å²) in [6.07, 6.45) is 14.2. The molecule has 0 amide bonds. The van der Waals surface area contributed by atoms with Gasteiger partial charge < -0.3 is 0 Å². The summed E-state index contributed by atoms with van der Waals surface area (Å²) in [4.78, 5) is 2.50. The Balaban J connectivity index is 2.46. The predicted octanol–water partition coefficient (Wildman–Crippen LogP) is 5.91. The monoisotopic (exact) mass is 313 g/mol. The molecule has 1 unspecified atom stereocenters. The van der Waals surface area contributed by atoms with Crippen LogP contribution in [0.3, 0.4) is 0 Å². The number of allylic oxidation sites excluding steroid dienone is 5. The van der Waals surface area contributed by atoms with E-state index in [2.05, 4.69) is 90.8 Å². The number of hydrogen-bond donors (Lipinski definition) is 0. The maximum atomic E-state index is 2.50. The number of likely N-dealkylation sites (N-methyl/N-ethyl adjacent to an activating group) is 1. The molecule has 0 N–H and O–H groups in total. The predicted molar refractivity (Wildman–Crippen MR) is 103 cm³/mol. The molecule has 0 aromatic heterocycles. The minimum Gasteiger partial charge on any atom is -0.293 e. The third-order valence-electron chi connectivity index (χ3n) is 5.53. The van der Waals surface area contributed by atoms with Gasteiger partial charge in [0.15, 0.2) is 0 Å². The highest BCUT2D eigenvalue weighted by atomic mass is 15.2. The van der Waals surface area contributed by atoms with Crippen molar-refractivity contribution >= 4 is 0 Å². The van der Waals surface area contributed by atoms with Gasteiger partial charge in [-0.05, 0) is 54.4 Å². The Labute approximate surface area is 143 Å². The van der Waals surface area contributed by atoms with E-state index in [0.717, 1.165) is 19.4 Å². The summed E-state index contributed by atoms with van der Waals surface area (Å²) in [5, 5.41) is 0. The summed E-state index contributed by atoms with van der Waals surface area (Å²) >= 11 is 0. The van der Waals surface area contributed by atoms with Crippen molar-refractivity contribution in [2.75, 3.05) is 13.6 Å². The van der Waals surface area contributed by atoms with Gasteiger partial charge in [-0.25, -0.2) is 0 Å². The lowest BCUT2D eigenvalue weighted by Gasteiger charge is -2.43. The molecule has 2 aliphatic rings. The zero-order valence-corrected chi connectivity index (χ0v) is 16.5. The molecular formula is C22H35N. The Morgan fingerprint density at radius 2 is 1.57 bits per heavy atom. The largest absolute Gasteiger partial charge is 0.293 e. The molecule has 1 aliphatic heterocycles. The SMILES string of the molecule is CN1C/C=C\C(C(C)(C)C)=C/CC2=CC(C(C)(C)C)=CCC21C. The summed E-state index contributed by atoms with van der Waals surface area (Å²) < 4.78 is 0. The molecular weight excluding hydrogens is 278 g/mol. The Morgan fingerprint density at radius 3 is 2.13 bits per heavy atom. The third-order valence-corrected chi connectivity index (χ3v) is 5.53. The van der Waals surface area contributed by atoms with Gasteiger partial charge in [-0.2, -0.15) is 0 Å². The number of rotatable bonds is 0. The van der Waals surface area contributed by atoms with Crippen LogP contribution in [0.1, 0.15) is 61.3 Å². The highest BCUT2D eigenvalue weighted by Gasteiger charge is 2.35. The van der Waals surface area contributed by atoms with Crippen molar-refractivity contribution in [3.8, 4) is 0 Å². The lowest BCUT2D eigenvalue weighted by atomic mass is 9.73. The first-order valence-electron chi connectivity index (χ1n) is 8.95. The second-order valence-electron chi connectivity index (χ2n) is 9.45. The minimum atomic E-state index is 0.128. The van der Waals surface area contributed by atoms with Gasteiger partial charge >= 0.3 is 0 Å². The van der Waals surface area contributed by atoms with Crippen molar-refractivity contribution in [3.63, 3.8) is 0 Å². The van der Waals surface area contributed by atoms with Crippen LogP contribution in [0, 0.1) is 10.8 Å². The summed E-state index contributed by atoms with van der Waals surface area (Å²) in [6, 6.07) is 0. The van der Waals surface area contributed by atoms with E-state index >= 15 is 0 Å². The molecule has 2 rings (SSSR count). The van der Waals surface area contributed by atoms with Gasteiger partial charge in [0.05, 0.1) is 0 Å². The molecule has 0 spiro atoms. The van der Waals surface area contributed by atoms with Crippen molar-refractivity contribution in [3.05, 3.63) is 47.1 Å². The van der Waals surface area contributed by atoms with Gasteiger partial charge in [0, 0.05) is 12.1 Å². The van der Waals surface area contributed by atoms with E-state index in [4.69, 9.17) is 0 Å². The highest BCUT2D eigenvalue weighted by molar-refractivity contribution is 5.41. The van der Waals surface area contributed by atoms with Crippen molar-refractivity contribution in [1.82, 2.24) is 4.90 Å². The van der Waals surface area contributed by atoms with E-state index in [9.17, 15) is 0 Å². The van der Waals surface area contributed by atoms with Crippen molar-refractivity contribution in [2.45, 2.75) is 66.8 Å². The van der Waals surface area contributed by atoms with Crippen LogP contribution >= 0.6 is 0 Å². The number of nitrogens with zero attached hydrogens (tertiary/aromatic N) is 1. The van der Waals surface area contributed by atoms with Gasteiger partial charge in [0.2, 0.25) is 0 Å². The standard InChI is InChI=1S/C22H35N/c1-20(2,3)17-10-9-15-23(8)22(7)14-13-18(21(4,5)6)16-19(22)12-11-17/h9-11,13,16H,12,14-15H2,1-8H3/b10-9-,17-11+. The topological polar surface area (TPSA) is 3.24 Å². The van der Waals surface area contributed by atoms with E-state index < -0.39 is 0 Å².